The van der Waals surface area contributed by atoms with E-state index in [0.29, 0.717) is 16.7 Å². The Bertz CT molecular complexity index is 2150. The van der Waals surface area contributed by atoms with Gasteiger partial charge in [-0.1, -0.05) is 105 Å². The molecule has 0 radical (unpaired) electrons. The first-order chi connectivity index (χ1) is 34.7. The molecule has 3 aromatic carbocycles. The lowest BCUT2D eigenvalue weighted by Gasteiger charge is -2.48. The molecule has 19 unspecified atom stereocenters. The van der Waals surface area contributed by atoms with E-state index in [1.807, 2.05) is 0 Å². The standard InChI is InChI=1S/C49H65N3O20/c1-3-31-37(57)39(59)34(52-49(63)66-24-28-17-11-6-12-18-28)45(67-31)71-42-33(21-54)69-46(40(42)60)72-43-36(56)29(50-47(61)64-22-26-13-7-4-8-14-26)19-30(51-48(62)65-23-27-15-9-5-10-16-27)41(43)70-44-25(2)35(55)38(58)32(20-53)68-44/h4-18,25,29-46,53-60H,3,19-24H2,1-2H3,(H,50,61)(H,51,62)(H,52,63). The molecule has 0 spiro atoms. The van der Waals surface area contributed by atoms with Gasteiger partial charge in [0, 0.05) is 5.92 Å². The largest absolute Gasteiger partial charge is 0.445 e. The molecule has 3 aliphatic heterocycles. The first-order valence-corrected chi connectivity index (χ1v) is 23.8. The summed E-state index contributed by atoms with van der Waals surface area (Å²) in [6.07, 6.45) is -26.5. The minimum atomic E-state index is -1.87. The predicted molar refractivity (Wildman–Crippen MR) is 246 cm³/mol. The van der Waals surface area contributed by atoms with Gasteiger partial charge in [-0.2, -0.15) is 0 Å². The fraction of sp³-hybridized carbons (Fsp3) is 0.571. The summed E-state index contributed by atoms with van der Waals surface area (Å²) in [5.41, 5.74) is 1.97. The molecule has 4 aliphatic rings. The quantitative estimate of drug-likeness (QED) is 0.0735. The average molecular weight is 1020 g/mol. The summed E-state index contributed by atoms with van der Waals surface area (Å²) in [6, 6.07) is 22.2. The summed E-state index contributed by atoms with van der Waals surface area (Å²) in [5, 5.41) is 96.6. The molecule has 3 amide bonds. The summed E-state index contributed by atoms with van der Waals surface area (Å²) in [5.74, 6) is -1.01. The van der Waals surface area contributed by atoms with Crippen LogP contribution in [0.5, 0.6) is 0 Å². The van der Waals surface area contributed by atoms with Crippen molar-refractivity contribution in [3.63, 3.8) is 0 Å². The Labute approximate surface area is 414 Å². The zero-order valence-corrected chi connectivity index (χ0v) is 39.6. The topological polar surface area (TPSA) is 332 Å². The highest BCUT2D eigenvalue weighted by atomic mass is 16.8. The van der Waals surface area contributed by atoms with Crippen LogP contribution in [0.1, 0.15) is 43.4 Å². The van der Waals surface area contributed by atoms with Gasteiger partial charge in [0.1, 0.15) is 86.9 Å². The molecule has 23 nitrogen and oxygen atoms in total. The second kappa shape index (κ2) is 25.7. The average Bonchev–Trinajstić information content (AvgIpc) is 3.69. The third-order valence-electron chi connectivity index (χ3n) is 13.1. The number of alkyl carbamates (subject to hydrolysis) is 3. The minimum absolute atomic E-state index is 0.145. The van der Waals surface area contributed by atoms with E-state index in [2.05, 4.69) is 16.0 Å². The van der Waals surface area contributed by atoms with E-state index < -0.39 is 148 Å². The summed E-state index contributed by atoms with van der Waals surface area (Å²) >= 11 is 0. The lowest BCUT2D eigenvalue weighted by atomic mass is 9.83. The summed E-state index contributed by atoms with van der Waals surface area (Å²) in [4.78, 5) is 40.1. The van der Waals surface area contributed by atoms with Crippen molar-refractivity contribution in [3.8, 4) is 0 Å². The molecular weight excluding hydrogens is 951 g/mol. The number of carbonyl (C=O) groups is 3. The van der Waals surface area contributed by atoms with Gasteiger partial charge in [-0.05, 0) is 29.5 Å². The van der Waals surface area contributed by atoms with Crippen LogP contribution in [0.25, 0.3) is 0 Å². The molecule has 23 heteroatoms. The third kappa shape index (κ3) is 13.5. The lowest BCUT2D eigenvalue weighted by molar-refractivity contribution is -0.322. The maximum Gasteiger partial charge on any atom is 0.407 e. The van der Waals surface area contributed by atoms with Gasteiger partial charge in [0.15, 0.2) is 18.9 Å². The van der Waals surface area contributed by atoms with Gasteiger partial charge < -0.3 is 99.4 Å². The zero-order chi connectivity index (χ0) is 51.5. The molecule has 0 bridgehead atoms. The van der Waals surface area contributed by atoms with Gasteiger partial charge in [0.25, 0.3) is 0 Å². The Morgan fingerprint density at radius 1 is 0.500 bits per heavy atom. The number of aliphatic hydroxyl groups is 8. The van der Waals surface area contributed by atoms with Crippen molar-refractivity contribution in [1.82, 2.24) is 16.0 Å². The fourth-order valence-corrected chi connectivity index (χ4v) is 9.06. The van der Waals surface area contributed by atoms with Crippen LogP contribution in [0.2, 0.25) is 0 Å². The molecule has 3 saturated heterocycles. The van der Waals surface area contributed by atoms with Gasteiger partial charge in [-0.3, -0.25) is 0 Å². The second-order valence-corrected chi connectivity index (χ2v) is 18.1. The lowest BCUT2D eigenvalue weighted by Crippen LogP contribution is -2.68. The molecule has 396 valence electrons. The molecule has 3 aromatic rings. The molecular formula is C49H65N3O20. The van der Waals surface area contributed by atoms with Gasteiger partial charge >= 0.3 is 18.3 Å². The highest BCUT2D eigenvalue weighted by Crippen LogP contribution is 2.37. The van der Waals surface area contributed by atoms with E-state index in [1.54, 1.807) is 97.9 Å². The van der Waals surface area contributed by atoms with Gasteiger partial charge in [0.2, 0.25) is 0 Å². The number of nitrogens with one attached hydrogen (secondary N) is 3. The number of rotatable bonds is 18. The molecule has 1 saturated carbocycles. The monoisotopic (exact) mass is 1020 g/mol. The van der Waals surface area contributed by atoms with Gasteiger partial charge in [0.05, 0.1) is 37.5 Å². The van der Waals surface area contributed by atoms with E-state index in [4.69, 9.17) is 42.6 Å². The first kappa shape index (κ1) is 54.7. The number of hydrogen-bond acceptors (Lipinski definition) is 20. The van der Waals surface area contributed by atoms with Crippen molar-refractivity contribution in [2.75, 3.05) is 13.2 Å². The Morgan fingerprint density at radius 3 is 1.46 bits per heavy atom. The van der Waals surface area contributed by atoms with Crippen molar-refractivity contribution in [1.29, 1.82) is 0 Å². The summed E-state index contributed by atoms with van der Waals surface area (Å²) in [6.45, 7) is 1.15. The van der Waals surface area contributed by atoms with E-state index in [-0.39, 0.29) is 32.7 Å². The number of amides is 3. The summed E-state index contributed by atoms with van der Waals surface area (Å²) < 4.78 is 53.3. The van der Waals surface area contributed by atoms with Crippen LogP contribution in [-0.4, -0.2) is 183 Å². The van der Waals surface area contributed by atoms with Crippen molar-refractivity contribution in [3.05, 3.63) is 108 Å². The van der Waals surface area contributed by atoms with Crippen LogP contribution in [0.4, 0.5) is 14.4 Å². The SMILES string of the molecule is CCC1OC(OC2C(CO)OC(OC3C(O)C(NC(=O)OCc4ccccc4)CC(NC(=O)OCc4ccccc4)C3OC3OC(CO)C(O)C(O)C3C)C2O)C(NC(=O)OCc2ccccc2)C(O)C1O. The van der Waals surface area contributed by atoms with Crippen molar-refractivity contribution in [2.45, 2.75) is 157 Å². The molecule has 1 aliphatic carbocycles. The van der Waals surface area contributed by atoms with Crippen molar-refractivity contribution in [2.24, 2.45) is 5.92 Å². The molecule has 0 aromatic heterocycles. The zero-order valence-electron chi connectivity index (χ0n) is 39.6. The predicted octanol–water partition coefficient (Wildman–Crippen LogP) is -0.198. The number of ether oxygens (including phenoxy) is 9. The van der Waals surface area contributed by atoms with Crippen molar-refractivity contribution < 1.29 is 97.9 Å². The van der Waals surface area contributed by atoms with Crippen LogP contribution >= 0.6 is 0 Å². The van der Waals surface area contributed by atoms with Gasteiger partial charge in [-0.25, -0.2) is 14.4 Å². The molecule has 11 N–H and O–H groups in total. The Morgan fingerprint density at radius 2 is 0.944 bits per heavy atom. The molecule has 7 rings (SSSR count). The van der Waals surface area contributed by atoms with E-state index >= 15 is 0 Å². The second-order valence-electron chi connectivity index (χ2n) is 18.1. The van der Waals surface area contributed by atoms with E-state index in [9.17, 15) is 55.2 Å². The minimum Gasteiger partial charge on any atom is -0.445 e. The molecule has 19 atom stereocenters. The van der Waals surface area contributed by atoms with E-state index in [0.717, 1.165) is 0 Å². The van der Waals surface area contributed by atoms with Crippen LogP contribution in [-0.2, 0) is 62.5 Å². The highest BCUT2D eigenvalue weighted by molar-refractivity contribution is 5.69. The fourth-order valence-electron chi connectivity index (χ4n) is 9.06. The normalized spacial score (nSPS) is 35.7. The maximum absolute atomic E-state index is 13.6. The van der Waals surface area contributed by atoms with E-state index in [1.165, 1.54) is 6.92 Å². The Kier molecular flexibility index (Phi) is 19.5. The van der Waals surface area contributed by atoms with Crippen LogP contribution < -0.4 is 16.0 Å². The molecule has 3 heterocycles. The smallest absolute Gasteiger partial charge is 0.407 e. The van der Waals surface area contributed by atoms with Crippen LogP contribution in [0, 0.1) is 5.92 Å². The first-order valence-electron chi connectivity index (χ1n) is 23.8. The van der Waals surface area contributed by atoms with Crippen LogP contribution in [0.15, 0.2) is 91.0 Å². The number of aliphatic hydroxyl groups excluding tert-OH is 8. The summed E-state index contributed by atoms with van der Waals surface area (Å²) in [7, 11) is 0. The number of benzene rings is 3. The maximum atomic E-state index is 13.6. The third-order valence-corrected chi connectivity index (χ3v) is 13.1. The molecule has 4 fully saturated rings. The van der Waals surface area contributed by atoms with Gasteiger partial charge in [-0.15, -0.1) is 0 Å². The Balaban J connectivity index is 1.16. The van der Waals surface area contributed by atoms with Crippen LogP contribution in [0.3, 0.4) is 0 Å². The van der Waals surface area contributed by atoms with Crippen molar-refractivity contribution >= 4 is 18.3 Å². The molecule has 72 heavy (non-hydrogen) atoms. The number of hydrogen-bond donors (Lipinski definition) is 11. The Hall–Kier alpha value is -5.09. The number of carbonyl (C=O) groups excluding carboxylic acids is 3. The highest BCUT2D eigenvalue weighted by Gasteiger charge is 2.56.